The molecule has 1 atom stereocenters. The average molecular weight is 394 g/mol. The van der Waals surface area contributed by atoms with Gasteiger partial charge < -0.3 is 10.2 Å². The largest absolute Gasteiger partial charge is 0.355 e. The maximum atomic E-state index is 13.1. The first-order chi connectivity index (χ1) is 14.1. The third-order valence-electron chi connectivity index (χ3n) is 4.73. The molecule has 9 heteroatoms. The van der Waals surface area contributed by atoms with E-state index in [2.05, 4.69) is 25.3 Å². The van der Waals surface area contributed by atoms with Crippen molar-refractivity contribution in [1.82, 2.24) is 19.9 Å². The Balaban J connectivity index is 1.45. The number of H-pyrrole nitrogens is 1. The second kappa shape index (κ2) is 8.17. The Labute approximate surface area is 165 Å². The lowest BCUT2D eigenvalue weighted by atomic mass is 10.0. The summed E-state index contributed by atoms with van der Waals surface area (Å²) in [5, 5.41) is 3.08. The van der Waals surface area contributed by atoms with Gasteiger partial charge in [-0.05, 0) is 24.3 Å². The van der Waals surface area contributed by atoms with Gasteiger partial charge in [-0.1, -0.05) is 0 Å². The van der Waals surface area contributed by atoms with Gasteiger partial charge in [0.25, 0.3) is 5.56 Å². The van der Waals surface area contributed by atoms with Crippen molar-refractivity contribution >= 4 is 17.5 Å². The smallest absolute Gasteiger partial charge is 0.252 e. The van der Waals surface area contributed by atoms with Crippen molar-refractivity contribution in [2.45, 2.75) is 18.8 Å². The number of hydrogen-bond donors (Lipinski definition) is 2. The molecule has 29 heavy (non-hydrogen) atoms. The highest BCUT2D eigenvalue weighted by molar-refractivity contribution is 5.96. The summed E-state index contributed by atoms with van der Waals surface area (Å²) in [7, 11) is 0. The zero-order valence-corrected chi connectivity index (χ0v) is 15.5. The van der Waals surface area contributed by atoms with Crippen LogP contribution in [0, 0.1) is 5.82 Å². The third-order valence-corrected chi connectivity index (χ3v) is 4.73. The van der Waals surface area contributed by atoms with Crippen LogP contribution in [0.1, 0.15) is 23.7 Å². The zero-order chi connectivity index (χ0) is 20.2. The van der Waals surface area contributed by atoms with Crippen LogP contribution in [-0.4, -0.2) is 38.9 Å². The summed E-state index contributed by atoms with van der Waals surface area (Å²) in [6.45, 7) is 0.913. The lowest BCUT2D eigenvalue weighted by Gasteiger charge is -2.16. The molecule has 1 saturated heterocycles. The highest BCUT2D eigenvalue weighted by atomic mass is 19.1. The van der Waals surface area contributed by atoms with Gasteiger partial charge in [0, 0.05) is 62.2 Å². The molecular formula is C20H19FN6O2. The van der Waals surface area contributed by atoms with Crippen LogP contribution in [0.3, 0.4) is 0 Å². The van der Waals surface area contributed by atoms with Gasteiger partial charge in [0.05, 0.1) is 11.4 Å². The Bertz CT molecular complexity index is 1050. The summed E-state index contributed by atoms with van der Waals surface area (Å²) in [5.41, 5.74) is 1.72. The lowest BCUT2D eigenvalue weighted by Crippen LogP contribution is -2.24. The molecule has 4 rings (SSSR count). The minimum Gasteiger partial charge on any atom is -0.355 e. The minimum atomic E-state index is -0.356. The van der Waals surface area contributed by atoms with Crippen LogP contribution in [0.15, 0.2) is 53.7 Å². The summed E-state index contributed by atoms with van der Waals surface area (Å²) in [6.07, 6.45) is 5.79. The standard InChI is InChI=1S/C20H19FN6O2/c21-14-1-3-16(4-2-14)27-12-13(9-19(27)29)17-10-18(28)26-20(25-17)24-6-5-15-11-22-7-8-23-15/h1-4,7-8,10-11,13H,5-6,9,12H2,(H2,24,25,26,28). The quantitative estimate of drug-likeness (QED) is 0.662. The highest BCUT2D eigenvalue weighted by Gasteiger charge is 2.32. The molecule has 0 saturated carbocycles. The summed E-state index contributed by atoms with van der Waals surface area (Å²) in [4.78, 5) is 41.5. The molecule has 148 valence electrons. The van der Waals surface area contributed by atoms with E-state index in [9.17, 15) is 14.0 Å². The summed E-state index contributed by atoms with van der Waals surface area (Å²) >= 11 is 0. The van der Waals surface area contributed by atoms with Crippen molar-refractivity contribution in [2.75, 3.05) is 23.3 Å². The zero-order valence-electron chi connectivity index (χ0n) is 15.5. The van der Waals surface area contributed by atoms with Crippen LogP contribution in [0.4, 0.5) is 16.0 Å². The van der Waals surface area contributed by atoms with Gasteiger partial charge in [-0.25, -0.2) is 9.37 Å². The molecule has 2 aromatic heterocycles. The Morgan fingerprint density at radius 2 is 2.03 bits per heavy atom. The van der Waals surface area contributed by atoms with Crippen molar-refractivity contribution in [1.29, 1.82) is 0 Å². The van der Waals surface area contributed by atoms with E-state index in [1.165, 1.54) is 18.2 Å². The Hall–Kier alpha value is -3.62. The number of aromatic amines is 1. The fraction of sp³-hybridized carbons (Fsp3) is 0.250. The van der Waals surface area contributed by atoms with Crippen LogP contribution in [0.25, 0.3) is 0 Å². The fourth-order valence-corrected chi connectivity index (χ4v) is 3.31. The lowest BCUT2D eigenvalue weighted by molar-refractivity contribution is -0.117. The molecule has 0 aliphatic carbocycles. The summed E-state index contributed by atoms with van der Waals surface area (Å²) in [6, 6.07) is 7.20. The van der Waals surface area contributed by atoms with Crippen molar-refractivity contribution in [3.63, 3.8) is 0 Å². The van der Waals surface area contributed by atoms with E-state index in [0.717, 1.165) is 5.69 Å². The first-order valence-corrected chi connectivity index (χ1v) is 9.24. The summed E-state index contributed by atoms with van der Waals surface area (Å²) in [5.74, 6) is -0.300. The van der Waals surface area contributed by atoms with Gasteiger partial charge in [0.2, 0.25) is 11.9 Å². The maximum Gasteiger partial charge on any atom is 0.252 e. The van der Waals surface area contributed by atoms with Crippen molar-refractivity contribution < 1.29 is 9.18 Å². The number of benzene rings is 1. The van der Waals surface area contributed by atoms with Crippen LogP contribution in [-0.2, 0) is 11.2 Å². The molecule has 1 amide bonds. The molecule has 1 aromatic carbocycles. The summed E-state index contributed by atoms with van der Waals surface area (Å²) < 4.78 is 13.1. The highest BCUT2D eigenvalue weighted by Crippen LogP contribution is 2.30. The number of carbonyl (C=O) groups is 1. The molecule has 1 aliphatic heterocycles. The van der Waals surface area contributed by atoms with Crippen LogP contribution in [0.5, 0.6) is 0 Å². The van der Waals surface area contributed by atoms with Gasteiger partial charge in [-0.3, -0.25) is 24.5 Å². The van der Waals surface area contributed by atoms with E-state index in [1.807, 2.05) is 0 Å². The van der Waals surface area contributed by atoms with Gasteiger partial charge >= 0.3 is 0 Å². The average Bonchev–Trinajstić information content (AvgIpc) is 3.11. The number of halogens is 1. The Morgan fingerprint density at radius 3 is 2.79 bits per heavy atom. The molecule has 3 aromatic rings. The molecule has 0 radical (unpaired) electrons. The predicted octanol–water partition coefficient (Wildman–Crippen LogP) is 1.87. The predicted molar refractivity (Wildman–Crippen MR) is 105 cm³/mol. The SMILES string of the molecule is O=C1CC(c2cc(=O)[nH]c(NCCc3cnccn3)n2)CN1c1ccc(F)cc1. The molecule has 1 unspecified atom stereocenters. The van der Waals surface area contributed by atoms with E-state index < -0.39 is 0 Å². The molecule has 8 nitrogen and oxygen atoms in total. The van der Waals surface area contributed by atoms with E-state index >= 15 is 0 Å². The topological polar surface area (TPSA) is 104 Å². The molecular weight excluding hydrogens is 375 g/mol. The van der Waals surface area contributed by atoms with E-state index in [4.69, 9.17) is 0 Å². The Morgan fingerprint density at radius 1 is 1.21 bits per heavy atom. The molecule has 2 N–H and O–H groups in total. The number of rotatable bonds is 6. The monoisotopic (exact) mass is 394 g/mol. The van der Waals surface area contributed by atoms with Gasteiger partial charge in [-0.15, -0.1) is 0 Å². The number of hydrogen-bond acceptors (Lipinski definition) is 6. The van der Waals surface area contributed by atoms with Crippen molar-refractivity contribution in [3.05, 3.63) is 76.5 Å². The van der Waals surface area contributed by atoms with Crippen LogP contribution >= 0.6 is 0 Å². The first-order valence-electron chi connectivity index (χ1n) is 9.24. The number of amides is 1. The molecule has 1 aliphatic rings. The number of anilines is 2. The minimum absolute atomic E-state index is 0.0825. The Kier molecular flexibility index (Phi) is 5.28. The first kappa shape index (κ1) is 18.7. The number of carbonyl (C=O) groups excluding carboxylic acids is 1. The second-order valence-electron chi connectivity index (χ2n) is 6.77. The van der Waals surface area contributed by atoms with Gasteiger partial charge in [0.1, 0.15) is 5.82 Å². The molecule has 1 fully saturated rings. The number of aromatic nitrogens is 4. The van der Waals surface area contributed by atoms with Crippen LogP contribution in [0.2, 0.25) is 0 Å². The van der Waals surface area contributed by atoms with Gasteiger partial charge in [0.15, 0.2) is 0 Å². The maximum absolute atomic E-state index is 13.1. The number of nitrogens with one attached hydrogen (secondary N) is 2. The molecule has 0 spiro atoms. The third kappa shape index (κ3) is 4.45. The fourth-order valence-electron chi connectivity index (χ4n) is 3.31. The van der Waals surface area contributed by atoms with E-state index in [-0.39, 0.29) is 29.6 Å². The molecule has 0 bridgehead atoms. The van der Waals surface area contributed by atoms with Crippen molar-refractivity contribution in [3.8, 4) is 0 Å². The number of nitrogens with zero attached hydrogens (tertiary/aromatic N) is 4. The molecule has 3 heterocycles. The normalized spacial score (nSPS) is 16.2. The van der Waals surface area contributed by atoms with Gasteiger partial charge in [-0.2, -0.15) is 0 Å². The van der Waals surface area contributed by atoms with Crippen LogP contribution < -0.4 is 15.8 Å². The van der Waals surface area contributed by atoms with E-state index in [1.54, 1.807) is 35.6 Å². The van der Waals surface area contributed by atoms with E-state index in [0.29, 0.717) is 36.8 Å². The second-order valence-corrected chi connectivity index (χ2v) is 6.77. The van der Waals surface area contributed by atoms with Crippen molar-refractivity contribution in [2.24, 2.45) is 0 Å².